The van der Waals surface area contributed by atoms with Crippen LogP contribution in [0.1, 0.15) is 194 Å². The molecule has 10 nitrogen and oxygen atoms in total. The van der Waals surface area contributed by atoms with Crippen molar-refractivity contribution >= 4 is 19.8 Å². The van der Waals surface area contributed by atoms with Crippen molar-refractivity contribution < 1.29 is 47.8 Å². The van der Waals surface area contributed by atoms with Gasteiger partial charge in [0.2, 0.25) is 0 Å². The number of carbonyl (C=O) groups excluding carboxylic acids is 2. The Morgan fingerprint density at radius 2 is 0.800 bits per heavy atom. The van der Waals surface area contributed by atoms with E-state index in [1.54, 1.807) is 0 Å². The van der Waals surface area contributed by atoms with E-state index in [-0.39, 0.29) is 19.4 Å². The molecule has 0 saturated heterocycles. The van der Waals surface area contributed by atoms with Gasteiger partial charge in [-0.1, -0.05) is 188 Å². The average molecular weight is 931 g/mol. The van der Waals surface area contributed by atoms with E-state index in [4.69, 9.17) is 23.6 Å². The summed E-state index contributed by atoms with van der Waals surface area (Å²) in [5, 5.41) is 18.4. The zero-order valence-corrected chi connectivity index (χ0v) is 41.6. The molecule has 0 spiro atoms. The van der Waals surface area contributed by atoms with E-state index >= 15 is 0 Å². The maximum Gasteiger partial charge on any atom is 0.472 e. The van der Waals surface area contributed by atoms with Crippen molar-refractivity contribution in [3.63, 3.8) is 0 Å². The fourth-order valence-electron chi connectivity index (χ4n) is 6.45. The van der Waals surface area contributed by atoms with Crippen molar-refractivity contribution in [3.8, 4) is 0 Å². The van der Waals surface area contributed by atoms with Crippen molar-refractivity contribution in [1.29, 1.82) is 0 Å². The monoisotopic (exact) mass is 931 g/mol. The second-order valence-electron chi connectivity index (χ2n) is 16.4. The zero-order chi connectivity index (χ0) is 47.6. The molecule has 0 radical (unpaired) electrons. The van der Waals surface area contributed by atoms with Crippen LogP contribution in [0.3, 0.4) is 0 Å². The quantitative estimate of drug-likeness (QED) is 0.0233. The number of carbonyl (C=O) groups is 2. The highest BCUT2D eigenvalue weighted by atomic mass is 31.2. The van der Waals surface area contributed by atoms with E-state index in [1.165, 1.54) is 38.5 Å². The summed E-state index contributed by atoms with van der Waals surface area (Å²) < 4.78 is 32.9. The molecule has 0 aromatic rings. The van der Waals surface area contributed by atoms with Crippen LogP contribution in [0.5, 0.6) is 0 Å². The Bertz CT molecular complexity index is 1400. The van der Waals surface area contributed by atoms with Crippen LogP contribution in [0.15, 0.2) is 97.2 Å². The molecule has 0 aromatic carbocycles. The van der Waals surface area contributed by atoms with E-state index in [1.807, 2.05) is 0 Å². The number of aliphatic hydroxyl groups is 2. The van der Waals surface area contributed by atoms with Gasteiger partial charge in [-0.3, -0.25) is 18.6 Å². The maximum atomic E-state index is 12.7. The third kappa shape index (κ3) is 48.6. The Morgan fingerprint density at radius 3 is 1.20 bits per heavy atom. The van der Waals surface area contributed by atoms with Crippen LogP contribution in [-0.2, 0) is 32.7 Å². The fraction of sp³-hybridized carbons (Fsp3) is 0.667. The van der Waals surface area contributed by atoms with Crippen molar-refractivity contribution in [3.05, 3.63) is 97.2 Å². The molecule has 3 atom stereocenters. The lowest BCUT2D eigenvalue weighted by atomic mass is 10.0. The van der Waals surface area contributed by atoms with E-state index in [0.29, 0.717) is 12.8 Å². The molecule has 0 aliphatic carbocycles. The smallest absolute Gasteiger partial charge is 0.462 e. The van der Waals surface area contributed by atoms with Gasteiger partial charge in [-0.2, -0.15) is 0 Å². The van der Waals surface area contributed by atoms with Gasteiger partial charge in [0.15, 0.2) is 6.10 Å². The normalized spacial score (nSPS) is 14.5. The molecule has 0 saturated carbocycles. The first-order valence-corrected chi connectivity index (χ1v) is 26.7. The first kappa shape index (κ1) is 61.9. The highest BCUT2D eigenvalue weighted by Gasteiger charge is 2.27. The predicted molar refractivity (Wildman–Crippen MR) is 269 cm³/mol. The van der Waals surface area contributed by atoms with Gasteiger partial charge in [0.1, 0.15) is 12.7 Å². The first-order valence-electron chi connectivity index (χ1n) is 25.2. The van der Waals surface area contributed by atoms with Crippen LogP contribution in [0.25, 0.3) is 0 Å². The lowest BCUT2D eigenvalue weighted by Gasteiger charge is -2.20. The number of hydrogen-bond donors (Lipinski definition) is 3. The number of hydrogen-bond acceptors (Lipinski definition) is 9. The Hall–Kier alpha value is -3.11. The van der Waals surface area contributed by atoms with E-state index < -0.39 is 51.8 Å². The molecule has 0 aliphatic rings. The standard InChI is InChI=1S/C54H91O10P/c1-3-5-7-9-11-13-15-17-19-21-23-24-25-26-28-30-32-34-36-38-40-42-44-46-54(58)64-52(50-63-65(59,60)62-48-51(56)47-55)49-61-53(57)45-43-41-39-37-35-33-31-29-27-22-20-18-16-14-12-10-8-6-4-2/h5-8,11-14,17-20,23-24,27,29,51-52,55-56H,3-4,9-10,15-16,21-22,25-26,28,30-50H2,1-2H3,(H,59,60)/b7-5-,8-6-,13-11-,14-12-,19-17-,20-18-,24-23-,29-27-. The molecule has 0 bridgehead atoms. The van der Waals surface area contributed by atoms with Crippen LogP contribution in [0.4, 0.5) is 0 Å². The number of ether oxygens (including phenoxy) is 2. The lowest BCUT2D eigenvalue weighted by molar-refractivity contribution is -0.161. The summed E-state index contributed by atoms with van der Waals surface area (Å²) in [6.45, 7) is 2.14. The van der Waals surface area contributed by atoms with E-state index in [0.717, 1.165) is 116 Å². The predicted octanol–water partition coefficient (Wildman–Crippen LogP) is 14.3. The first-order chi connectivity index (χ1) is 31.7. The van der Waals surface area contributed by atoms with Crippen LogP contribution in [0, 0.1) is 0 Å². The Labute approximate surface area is 395 Å². The van der Waals surface area contributed by atoms with Crippen LogP contribution >= 0.6 is 7.82 Å². The summed E-state index contributed by atoms with van der Waals surface area (Å²) >= 11 is 0. The SMILES string of the molecule is CC/C=C\C/C=C\C/C=C\C/C=C\CCCCCCCCCCCCC(=O)OC(COC(=O)CCCCCCCC/C=C\C/C=C\C/C=C\C/C=C\CC)COP(=O)(O)OCC(O)CO. The van der Waals surface area contributed by atoms with Gasteiger partial charge in [0.25, 0.3) is 0 Å². The Balaban J connectivity index is 4.24. The highest BCUT2D eigenvalue weighted by Crippen LogP contribution is 2.43. The molecule has 0 aromatic heterocycles. The zero-order valence-electron chi connectivity index (χ0n) is 40.7. The topological polar surface area (TPSA) is 149 Å². The van der Waals surface area contributed by atoms with Gasteiger partial charge in [-0.05, 0) is 89.9 Å². The summed E-state index contributed by atoms with van der Waals surface area (Å²) in [6, 6.07) is 0. The van der Waals surface area contributed by atoms with Gasteiger partial charge >= 0.3 is 19.8 Å². The van der Waals surface area contributed by atoms with Gasteiger partial charge in [-0.15, -0.1) is 0 Å². The summed E-state index contributed by atoms with van der Waals surface area (Å²) in [6.07, 6.45) is 60.8. The molecule has 372 valence electrons. The molecule has 3 unspecified atom stereocenters. The maximum absolute atomic E-state index is 12.7. The van der Waals surface area contributed by atoms with Crippen molar-refractivity contribution in [1.82, 2.24) is 0 Å². The van der Waals surface area contributed by atoms with E-state index in [2.05, 4.69) is 111 Å². The minimum atomic E-state index is -4.64. The van der Waals surface area contributed by atoms with Crippen LogP contribution in [-0.4, -0.2) is 65.7 Å². The second kappa shape index (κ2) is 48.8. The molecule has 65 heavy (non-hydrogen) atoms. The van der Waals surface area contributed by atoms with Gasteiger partial charge in [0.05, 0.1) is 19.8 Å². The lowest BCUT2D eigenvalue weighted by Crippen LogP contribution is -2.29. The molecular weight excluding hydrogens is 840 g/mol. The third-order valence-corrected chi connectivity index (χ3v) is 11.2. The van der Waals surface area contributed by atoms with Crippen molar-refractivity contribution in [2.75, 3.05) is 26.4 Å². The Kier molecular flexibility index (Phi) is 46.5. The number of phosphoric ester groups is 1. The van der Waals surface area contributed by atoms with Crippen LogP contribution in [0.2, 0.25) is 0 Å². The fourth-order valence-corrected chi connectivity index (χ4v) is 7.24. The number of aliphatic hydroxyl groups excluding tert-OH is 2. The summed E-state index contributed by atoms with van der Waals surface area (Å²) in [4.78, 5) is 35.2. The molecular formula is C54H91O10P. The average Bonchev–Trinajstić information content (AvgIpc) is 3.30. The van der Waals surface area contributed by atoms with Gasteiger partial charge in [-0.25, -0.2) is 4.57 Å². The number of allylic oxidation sites excluding steroid dienone is 16. The molecule has 0 heterocycles. The molecule has 3 N–H and O–H groups in total. The number of unbranched alkanes of at least 4 members (excludes halogenated alkanes) is 16. The third-order valence-electron chi connectivity index (χ3n) is 10.2. The van der Waals surface area contributed by atoms with Crippen molar-refractivity contribution in [2.24, 2.45) is 0 Å². The number of rotatable bonds is 46. The summed E-state index contributed by atoms with van der Waals surface area (Å²) in [5.74, 6) is -0.951. The highest BCUT2D eigenvalue weighted by molar-refractivity contribution is 7.47. The second-order valence-corrected chi connectivity index (χ2v) is 17.9. The minimum Gasteiger partial charge on any atom is -0.462 e. The van der Waals surface area contributed by atoms with Gasteiger partial charge < -0.3 is 24.6 Å². The number of esters is 2. The molecule has 11 heteroatoms. The summed E-state index contributed by atoms with van der Waals surface area (Å²) in [7, 11) is -4.64. The molecule has 0 fully saturated rings. The minimum absolute atomic E-state index is 0.170. The van der Waals surface area contributed by atoms with Gasteiger partial charge in [0, 0.05) is 12.8 Å². The molecule has 0 aliphatic heterocycles. The molecule has 0 amide bonds. The van der Waals surface area contributed by atoms with Crippen molar-refractivity contribution in [2.45, 2.75) is 206 Å². The Morgan fingerprint density at radius 1 is 0.462 bits per heavy atom. The largest absolute Gasteiger partial charge is 0.472 e. The number of phosphoric acid groups is 1. The van der Waals surface area contributed by atoms with E-state index in [9.17, 15) is 24.2 Å². The van der Waals surface area contributed by atoms with Crippen LogP contribution < -0.4 is 0 Å². The molecule has 0 rings (SSSR count). The summed E-state index contributed by atoms with van der Waals surface area (Å²) in [5.41, 5.74) is 0.